The van der Waals surface area contributed by atoms with Gasteiger partial charge < -0.3 is 10.4 Å². The van der Waals surface area contributed by atoms with Crippen molar-refractivity contribution in [2.75, 3.05) is 6.54 Å². The van der Waals surface area contributed by atoms with Gasteiger partial charge in [0, 0.05) is 12.5 Å². The van der Waals surface area contributed by atoms with Gasteiger partial charge in [0.25, 0.3) is 0 Å². The van der Waals surface area contributed by atoms with Crippen molar-refractivity contribution >= 4 is 11.9 Å². The zero-order valence-electron chi connectivity index (χ0n) is 10.3. The lowest BCUT2D eigenvalue weighted by Crippen LogP contribution is -2.27. The van der Waals surface area contributed by atoms with Gasteiger partial charge in [0.05, 0.1) is 5.56 Å². The van der Waals surface area contributed by atoms with Gasteiger partial charge in [-0.3, -0.25) is 4.79 Å². The van der Waals surface area contributed by atoms with Crippen LogP contribution in [-0.4, -0.2) is 23.5 Å². The zero-order chi connectivity index (χ0) is 13.1. The Morgan fingerprint density at radius 1 is 1.33 bits per heavy atom. The van der Waals surface area contributed by atoms with Crippen LogP contribution >= 0.6 is 0 Å². The topological polar surface area (TPSA) is 66.4 Å². The number of carbonyl (C=O) groups excluding carboxylic acids is 1. The molecule has 96 valence electrons. The van der Waals surface area contributed by atoms with E-state index in [0.29, 0.717) is 12.5 Å². The van der Waals surface area contributed by atoms with E-state index in [2.05, 4.69) is 12.2 Å². The zero-order valence-corrected chi connectivity index (χ0v) is 10.3. The number of nitrogens with one attached hydrogen (secondary N) is 1. The molecule has 0 saturated heterocycles. The van der Waals surface area contributed by atoms with E-state index in [1.165, 1.54) is 0 Å². The van der Waals surface area contributed by atoms with Crippen LogP contribution in [0.2, 0.25) is 0 Å². The lowest BCUT2D eigenvalue weighted by molar-refractivity contribution is -0.122. The number of carbonyl (C=O) groups is 2. The molecule has 18 heavy (non-hydrogen) atoms. The number of amides is 1. The molecule has 2 atom stereocenters. The van der Waals surface area contributed by atoms with Crippen LogP contribution in [0.3, 0.4) is 0 Å². The predicted molar refractivity (Wildman–Crippen MR) is 67.4 cm³/mol. The van der Waals surface area contributed by atoms with Crippen molar-refractivity contribution in [1.82, 2.24) is 5.32 Å². The standard InChI is InChI=1S/C14H17NO3/c1-9-8-12(9)13(16)15-7-6-10-2-4-11(5-3-10)14(17)18/h2-5,9,12H,6-8H2,1H3,(H,15,16)(H,17,18). The monoisotopic (exact) mass is 247 g/mol. The van der Waals surface area contributed by atoms with Crippen molar-refractivity contribution < 1.29 is 14.7 Å². The molecule has 1 aliphatic carbocycles. The Morgan fingerprint density at radius 3 is 2.44 bits per heavy atom. The number of carboxylic acid groups (broad SMARTS) is 1. The lowest BCUT2D eigenvalue weighted by Gasteiger charge is -2.05. The first-order valence-corrected chi connectivity index (χ1v) is 6.18. The summed E-state index contributed by atoms with van der Waals surface area (Å²) < 4.78 is 0. The first-order chi connectivity index (χ1) is 8.58. The molecular formula is C14H17NO3. The molecule has 1 amide bonds. The third-order valence-electron chi connectivity index (χ3n) is 3.36. The van der Waals surface area contributed by atoms with E-state index < -0.39 is 5.97 Å². The van der Waals surface area contributed by atoms with Gasteiger partial charge in [0.2, 0.25) is 5.91 Å². The second kappa shape index (κ2) is 5.21. The van der Waals surface area contributed by atoms with Crippen LogP contribution in [0.5, 0.6) is 0 Å². The molecule has 1 aliphatic rings. The number of carboxylic acids is 1. The fourth-order valence-electron chi connectivity index (χ4n) is 1.96. The fraction of sp³-hybridized carbons (Fsp3) is 0.429. The maximum Gasteiger partial charge on any atom is 0.335 e. The van der Waals surface area contributed by atoms with Crippen LogP contribution in [-0.2, 0) is 11.2 Å². The molecule has 1 aromatic rings. The minimum atomic E-state index is -0.919. The molecule has 0 aromatic heterocycles. The molecule has 0 heterocycles. The van der Waals surface area contributed by atoms with Gasteiger partial charge in [0.1, 0.15) is 0 Å². The van der Waals surface area contributed by atoms with E-state index in [4.69, 9.17) is 5.11 Å². The van der Waals surface area contributed by atoms with E-state index >= 15 is 0 Å². The highest BCUT2D eigenvalue weighted by molar-refractivity contribution is 5.87. The number of rotatable bonds is 5. The first-order valence-electron chi connectivity index (χ1n) is 6.18. The van der Waals surface area contributed by atoms with Gasteiger partial charge in [-0.2, -0.15) is 0 Å². The summed E-state index contributed by atoms with van der Waals surface area (Å²) in [6.07, 6.45) is 1.73. The van der Waals surface area contributed by atoms with Gasteiger partial charge in [-0.15, -0.1) is 0 Å². The van der Waals surface area contributed by atoms with Crippen LogP contribution in [0.25, 0.3) is 0 Å². The quantitative estimate of drug-likeness (QED) is 0.832. The average molecular weight is 247 g/mol. The van der Waals surface area contributed by atoms with Gasteiger partial charge in [-0.05, 0) is 36.5 Å². The van der Waals surface area contributed by atoms with E-state index in [1.807, 2.05) is 0 Å². The van der Waals surface area contributed by atoms with Crippen molar-refractivity contribution in [2.24, 2.45) is 11.8 Å². The SMILES string of the molecule is CC1CC1C(=O)NCCc1ccc(C(=O)O)cc1. The summed E-state index contributed by atoms with van der Waals surface area (Å²) in [6.45, 7) is 2.68. The molecule has 0 bridgehead atoms. The Morgan fingerprint density at radius 2 is 1.94 bits per heavy atom. The Balaban J connectivity index is 1.76. The number of hydrogen-bond donors (Lipinski definition) is 2. The Kier molecular flexibility index (Phi) is 3.65. The maximum absolute atomic E-state index is 11.6. The van der Waals surface area contributed by atoms with Crippen molar-refractivity contribution in [3.63, 3.8) is 0 Å². The molecule has 1 fully saturated rings. The largest absolute Gasteiger partial charge is 0.478 e. The first kappa shape index (κ1) is 12.6. The molecule has 4 heteroatoms. The summed E-state index contributed by atoms with van der Waals surface area (Å²) in [5.41, 5.74) is 1.32. The number of benzene rings is 1. The number of aromatic carboxylic acids is 1. The lowest BCUT2D eigenvalue weighted by atomic mass is 10.1. The predicted octanol–water partition coefficient (Wildman–Crippen LogP) is 1.70. The normalized spacial score (nSPS) is 21.4. The molecule has 2 rings (SSSR count). The third kappa shape index (κ3) is 3.09. The molecule has 1 aromatic carbocycles. The fourth-order valence-corrected chi connectivity index (χ4v) is 1.96. The average Bonchev–Trinajstić information content (AvgIpc) is 3.07. The Labute approximate surface area is 106 Å². The third-order valence-corrected chi connectivity index (χ3v) is 3.36. The maximum atomic E-state index is 11.6. The van der Waals surface area contributed by atoms with E-state index in [-0.39, 0.29) is 17.4 Å². The van der Waals surface area contributed by atoms with Crippen LogP contribution in [0.15, 0.2) is 24.3 Å². The van der Waals surface area contributed by atoms with E-state index in [9.17, 15) is 9.59 Å². The summed E-state index contributed by atoms with van der Waals surface area (Å²) in [6, 6.07) is 6.75. The molecule has 0 aliphatic heterocycles. The summed E-state index contributed by atoms with van der Waals surface area (Å²) in [5, 5.41) is 11.7. The molecule has 1 saturated carbocycles. The van der Waals surface area contributed by atoms with Crippen LogP contribution in [0.4, 0.5) is 0 Å². The molecule has 0 radical (unpaired) electrons. The summed E-state index contributed by atoms with van der Waals surface area (Å²) >= 11 is 0. The second-order valence-electron chi connectivity index (χ2n) is 4.86. The summed E-state index contributed by atoms with van der Waals surface area (Å²) in [5.74, 6) is -0.0403. The molecule has 2 unspecified atom stereocenters. The van der Waals surface area contributed by atoms with Crippen LogP contribution < -0.4 is 5.32 Å². The van der Waals surface area contributed by atoms with Crippen molar-refractivity contribution in [1.29, 1.82) is 0 Å². The van der Waals surface area contributed by atoms with Crippen molar-refractivity contribution in [3.8, 4) is 0 Å². The Bertz CT molecular complexity index is 453. The minimum absolute atomic E-state index is 0.143. The van der Waals surface area contributed by atoms with Crippen LogP contribution in [0, 0.1) is 11.8 Å². The van der Waals surface area contributed by atoms with Gasteiger partial charge in [0.15, 0.2) is 0 Å². The molecule has 2 N–H and O–H groups in total. The van der Waals surface area contributed by atoms with Gasteiger partial charge in [-0.25, -0.2) is 4.79 Å². The number of hydrogen-bond acceptors (Lipinski definition) is 2. The summed E-state index contributed by atoms with van der Waals surface area (Å²) in [7, 11) is 0. The smallest absolute Gasteiger partial charge is 0.335 e. The minimum Gasteiger partial charge on any atom is -0.478 e. The van der Waals surface area contributed by atoms with Crippen molar-refractivity contribution in [3.05, 3.63) is 35.4 Å². The van der Waals surface area contributed by atoms with E-state index in [1.54, 1.807) is 24.3 Å². The summed E-state index contributed by atoms with van der Waals surface area (Å²) in [4.78, 5) is 22.2. The Hall–Kier alpha value is -1.84. The van der Waals surface area contributed by atoms with Crippen LogP contribution in [0.1, 0.15) is 29.3 Å². The molecular weight excluding hydrogens is 230 g/mol. The molecule has 4 nitrogen and oxygen atoms in total. The second-order valence-corrected chi connectivity index (χ2v) is 4.86. The van der Waals surface area contributed by atoms with Gasteiger partial charge >= 0.3 is 5.97 Å². The van der Waals surface area contributed by atoms with Crippen molar-refractivity contribution in [2.45, 2.75) is 19.8 Å². The van der Waals surface area contributed by atoms with E-state index in [0.717, 1.165) is 18.4 Å². The highest BCUT2D eigenvalue weighted by Gasteiger charge is 2.38. The van der Waals surface area contributed by atoms with Gasteiger partial charge in [-0.1, -0.05) is 19.1 Å². The molecule has 0 spiro atoms. The highest BCUT2D eigenvalue weighted by atomic mass is 16.4. The highest BCUT2D eigenvalue weighted by Crippen LogP contribution is 2.37.